The summed E-state index contributed by atoms with van der Waals surface area (Å²) in [6.07, 6.45) is 0.726. The Labute approximate surface area is 86.5 Å². The predicted octanol–water partition coefficient (Wildman–Crippen LogP) is 1.26. The molecule has 0 bridgehead atoms. The van der Waals surface area contributed by atoms with E-state index in [-0.39, 0.29) is 6.03 Å². The Morgan fingerprint density at radius 3 is 2.79 bits per heavy atom. The van der Waals surface area contributed by atoms with E-state index in [1.165, 1.54) is 16.2 Å². The Morgan fingerprint density at radius 1 is 1.64 bits per heavy atom. The second-order valence-electron chi connectivity index (χ2n) is 3.01. The van der Waals surface area contributed by atoms with E-state index in [2.05, 4.69) is 5.32 Å². The second-order valence-corrected chi connectivity index (χ2v) is 3.79. The summed E-state index contributed by atoms with van der Waals surface area (Å²) in [5, 5.41) is 6.31. The highest BCUT2D eigenvalue weighted by Gasteiger charge is 2.14. The zero-order valence-corrected chi connectivity index (χ0v) is 8.88. The number of carbonyl (C=O) groups excluding carboxylic acids is 2. The van der Waals surface area contributed by atoms with Crippen LogP contribution in [0.25, 0.3) is 0 Å². The molecule has 2 amide bonds. The molecule has 5 heteroatoms. The van der Waals surface area contributed by atoms with Crippen LogP contribution in [0.5, 0.6) is 0 Å². The molecule has 1 N–H and O–H groups in total. The van der Waals surface area contributed by atoms with Crippen molar-refractivity contribution in [2.45, 2.75) is 6.04 Å². The van der Waals surface area contributed by atoms with Crippen molar-refractivity contribution in [1.29, 1.82) is 0 Å². The quantitative estimate of drug-likeness (QED) is 0.767. The lowest BCUT2D eigenvalue weighted by Crippen LogP contribution is -2.37. The highest BCUT2D eigenvalue weighted by Crippen LogP contribution is 2.14. The van der Waals surface area contributed by atoms with Crippen LogP contribution in [0.1, 0.15) is 11.6 Å². The SMILES string of the molecule is CN(C)C(=O)N[C@@H](C=O)c1ccsc1. The molecule has 1 aromatic rings. The molecule has 0 spiro atoms. The van der Waals surface area contributed by atoms with Crippen molar-refractivity contribution >= 4 is 23.7 Å². The van der Waals surface area contributed by atoms with E-state index in [0.29, 0.717) is 0 Å². The van der Waals surface area contributed by atoms with E-state index in [9.17, 15) is 9.59 Å². The van der Waals surface area contributed by atoms with Crippen molar-refractivity contribution in [2.24, 2.45) is 0 Å². The van der Waals surface area contributed by atoms with E-state index >= 15 is 0 Å². The molecule has 1 aromatic heterocycles. The van der Waals surface area contributed by atoms with Crippen LogP contribution in [-0.2, 0) is 4.79 Å². The lowest BCUT2D eigenvalue weighted by atomic mass is 10.2. The molecule has 14 heavy (non-hydrogen) atoms. The Kier molecular flexibility index (Phi) is 3.64. The number of rotatable bonds is 3. The van der Waals surface area contributed by atoms with E-state index in [1.807, 2.05) is 16.8 Å². The molecule has 0 radical (unpaired) electrons. The minimum Gasteiger partial charge on any atom is -0.331 e. The number of hydrogen-bond acceptors (Lipinski definition) is 3. The largest absolute Gasteiger partial charge is 0.331 e. The van der Waals surface area contributed by atoms with Crippen molar-refractivity contribution < 1.29 is 9.59 Å². The summed E-state index contributed by atoms with van der Waals surface area (Å²) >= 11 is 1.49. The summed E-state index contributed by atoms with van der Waals surface area (Å²) in [5.74, 6) is 0. The number of carbonyl (C=O) groups is 2. The zero-order chi connectivity index (χ0) is 10.6. The lowest BCUT2D eigenvalue weighted by Gasteiger charge is -2.15. The fourth-order valence-corrected chi connectivity index (χ4v) is 1.61. The van der Waals surface area contributed by atoms with Crippen LogP contribution >= 0.6 is 11.3 Å². The van der Waals surface area contributed by atoms with Gasteiger partial charge in [-0.3, -0.25) is 0 Å². The molecule has 76 valence electrons. The van der Waals surface area contributed by atoms with Gasteiger partial charge in [0, 0.05) is 14.1 Å². The topological polar surface area (TPSA) is 49.4 Å². The van der Waals surface area contributed by atoms with Gasteiger partial charge in [-0.2, -0.15) is 11.3 Å². The molecule has 0 aliphatic carbocycles. The van der Waals surface area contributed by atoms with Gasteiger partial charge in [0.15, 0.2) is 0 Å². The maximum absolute atomic E-state index is 11.3. The third-order valence-electron chi connectivity index (χ3n) is 1.72. The van der Waals surface area contributed by atoms with Gasteiger partial charge in [0.2, 0.25) is 0 Å². The number of urea groups is 1. The van der Waals surface area contributed by atoms with Crippen LogP contribution in [0.4, 0.5) is 4.79 Å². The summed E-state index contributed by atoms with van der Waals surface area (Å²) in [6.45, 7) is 0. The number of nitrogens with zero attached hydrogens (tertiary/aromatic N) is 1. The van der Waals surface area contributed by atoms with Gasteiger partial charge in [-0.1, -0.05) is 0 Å². The van der Waals surface area contributed by atoms with Crippen LogP contribution in [0.3, 0.4) is 0 Å². The third-order valence-corrected chi connectivity index (χ3v) is 2.43. The maximum Gasteiger partial charge on any atom is 0.317 e. The minimum absolute atomic E-state index is 0.270. The molecule has 0 aliphatic rings. The average Bonchev–Trinajstić information content (AvgIpc) is 2.66. The molecule has 0 unspecified atom stereocenters. The minimum atomic E-state index is -0.545. The van der Waals surface area contributed by atoms with E-state index in [1.54, 1.807) is 14.1 Å². The fourth-order valence-electron chi connectivity index (χ4n) is 0.910. The van der Waals surface area contributed by atoms with Crippen molar-refractivity contribution in [3.05, 3.63) is 22.4 Å². The standard InChI is InChI=1S/C9H12N2O2S/c1-11(2)9(13)10-8(5-12)7-3-4-14-6-7/h3-6,8H,1-2H3,(H,10,13)/t8-/m0/s1. The van der Waals surface area contributed by atoms with Crippen LogP contribution in [0, 0.1) is 0 Å². The summed E-state index contributed by atoms with van der Waals surface area (Å²) in [6, 6.07) is 1.00. The summed E-state index contributed by atoms with van der Waals surface area (Å²) in [4.78, 5) is 23.4. The molecule has 0 aliphatic heterocycles. The van der Waals surface area contributed by atoms with Gasteiger partial charge in [0.25, 0.3) is 0 Å². The second kappa shape index (κ2) is 4.76. The van der Waals surface area contributed by atoms with Gasteiger partial charge in [0.1, 0.15) is 12.3 Å². The van der Waals surface area contributed by atoms with Crippen LogP contribution in [-0.4, -0.2) is 31.3 Å². The monoisotopic (exact) mass is 212 g/mol. The Balaban J connectivity index is 2.65. The molecule has 0 aromatic carbocycles. The van der Waals surface area contributed by atoms with Crippen molar-refractivity contribution in [1.82, 2.24) is 10.2 Å². The van der Waals surface area contributed by atoms with Crippen molar-refractivity contribution in [2.75, 3.05) is 14.1 Å². The first-order chi connectivity index (χ1) is 6.65. The Morgan fingerprint density at radius 2 is 2.36 bits per heavy atom. The highest BCUT2D eigenvalue weighted by atomic mass is 32.1. The van der Waals surface area contributed by atoms with Crippen LogP contribution in [0.15, 0.2) is 16.8 Å². The Bertz CT molecular complexity index is 309. The molecule has 0 saturated heterocycles. The number of amides is 2. The summed E-state index contributed by atoms with van der Waals surface area (Å²) in [7, 11) is 3.26. The first kappa shape index (κ1) is 10.7. The smallest absolute Gasteiger partial charge is 0.317 e. The molecule has 1 atom stereocenters. The average molecular weight is 212 g/mol. The molecular weight excluding hydrogens is 200 g/mol. The van der Waals surface area contributed by atoms with Gasteiger partial charge in [0.05, 0.1) is 0 Å². The number of thiophene rings is 1. The highest BCUT2D eigenvalue weighted by molar-refractivity contribution is 7.08. The van der Waals surface area contributed by atoms with Crippen LogP contribution in [0.2, 0.25) is 0 Å². The van der Waals surface area contributed by atoms with Gasteiger partial charge in [-0.25, -0.2) is 4.79 Å². The molecule has 0 fully saturated rings. The third kappa shape index (κ3) is 2.56. The molecule has 1 heterocycles. The molecular formula is C9H12N2O2S. The zero-order valence-electron chi connectivity index (χ0n) is 8.06. The van der Waals surface area contributed by atoms with Gasteiger partial charge in [-0.05, 0) is 22.4 Å². The fraction of sp³-hybridized carbons (Fsp3) is 0.333. The van der Waals surface area contributed by atoms with E-state index in [0.717, 1.165) is 11.8 Å². The van der Waals surface area contributed by atoms with Crippen molar-refractivity contribution in [3.8, 4) is 0 Å². The van der Waals surface area contributed by atoms with E-state index in [4.69, 9.17) is 0 Å². The van der Waals surface area contributed by atoms with Crippen molar-refractivity contribution in [3.63, 3.8) is 0 Å². The Hall–Kier alpha value is -1.36. The first-order valence-corrected chi connectivity index (χ1v) is 5.04. The van der Waals surface area contributed by atoms with Gasteiger partial charge < -0.3 is 15.0 Å². The lowest BCUT2D eigenvalue weighted by molar-refractivity contribution is -0.109. The normalized spacial score (nSPS) is 11.9. The maximum atomic E-state index is 11.3. The van der Waals surface area contributed by atoms with E-state index < -0.39 is 6.04 Å². The number of hydrogen-bond donors (Lipinski definition) is 1. The first-order valence-electron chi connectivity index (χ1n) is 4.10. The number of nitrogens with one attached hydrogen (secondary N) is 1. The van der Waals surface area contributed by atoms with Gasteiger partial charge >= 0.3 is 6.03 Å². The van der Waals surface area contributed by atoms with Gasteiger partial charge in [-0.15, -0.1) is 0 Å². The molecule has 4 nitrogen and oxygen atoms in total. The molecule has 1 rings (SSSR count). The summed E-state index contributed by atoms with van der Waals surface area (Å²) < 4.78 is 0. The van der Waals surface area contributed by atoms with Crippen LogP contribution < -0.4 is 5.32 Å². The number of aldehydes is 1. The predicted molar refractivity (Wildman–Crippen MR) is 55.3 cm³/mol. The summed E-state index contributed by atoms with van der Waals surface area (Å²) in [5.41, 5.74) is 0.820. The molecule has 0 saturated carbocycles.